The molecule has 1 N–H and O–H groups in total. The van der Waals surface area contributed by atoms with Crippen LogP contribution in [-0.2, 0) is 13.1 Å². The number of nitrogens with one attached hydrogen (secondary N) is 1. The Morgan fingerprint density at radius 2 is 1.82 bits per heavy atom. The molecule has 5 rings (SSSR count). The van der Waals surface area contributed by atoms with E-state index in [1.165, 1.54) is 12.8 Å². The van der Waals surface area contributed by atoms with Crippen LogP contribution in [0, 0.1) is 0 Å². The highest BCUT2D eigenvalue weighted by molar-refractivity contribution is 5.91. The third-order valence-electron chi connectivity index (χ3n) is 5.39. The fourth-order valence-electron chi connectivity index (χ4n) is 3.94. The molecule has 1 fully saturated rings. The Morgan fingerprint density at radius 1 is 1.00 bits per heavy atom. The fraction of sp³-hybridized carbons (Fsp3) is 0.318. The molecule has 0 amide bonds. The summed E-state index contributed by atoms with van der Waals surface area (Å²) in [4.78, 5) is 15.0. The van der Waals surface area contributed by atoms with Gasteiger partial charge in [0.25, 0.3) is 0 Å². The van der Waals surface area contributed by atoms with Crippen LogP contribution in [0.4, 0.5) is 5.69 Å². The van der Waals surface area contributed by atoms with E-state index >= 15 is 0 Å². The van der Waals surface area contributed by atoms with Gasteiger partial charge in [-0.15, -0.1) is 0 Å². The van der Waals surface area contributed by atoms with Gasteiger partial charge < -0.3 is 19.2 Å². The molecule has 144 valence electrons. The smallest absolute Gasteiger partial charge is 0.342 e. The number of hydrogen-bond donors (Lipinski definition) is 1. The van der Waals surface area contributed by atoms with Crippen molar-refractivity contribution in [1.82, 2.24) is 4.90 Å². The molecule has 0 radical (unpaired) electrons. The van der Waals surface area contributed by atoms with Crippen molar-refractivity contribution in [2.75, 3.05) is 25.2 Å². The minimum atomic E-state index is -0.265. The predicted molar refractivity (Wildman–Crippen MR) is 107 cm³/mol. The number of hydrogen-bond acceptors (Lipinski definition) is 6. The van der Waals surface area contributed by atoms with E-state index in [2.05, 4.69) is 10.2 Å². The Bertz CT molecular complexity index is 1070. The quantitative estimate of drug-likeness (QED) is 0.683. The minimum absolute atomic E-state index is 0.260. The molecule has 3 aromatic rings. The van der Waals surface area contributed by atoms with E-state index in [0.717, 1.165) is 41.2 Å². The number of nitrogens with zero attached hydrogens (tertiary/aromatic N) is 1. The van der Waals surface area contributed by atoms with Gasteiger partial charge in [0.2, 0.25) is 6.79 Å². The molecule has 2 aliphatic rings. The third-order valence-corrected chi connectivity index (χ3v) is 5.39. The minimum Gasteiger partial charge on any atom is -0.454 e. The lowest BCUT2D eigenvalue weighted by Crippen LogP contribution is -2.24. The van der Waals surface area contributed by atoms with E-state index in [1.807, 2.05) is 42.5 Å². The van der Waals surface area contributed by atoms with Gasteiger partial charge in [0.1, 0.15) is 5.58 Å². The molecule has 0 unspecified atom stereocenters. The van der Waals surface area contributed by atoms with Gasteiger partial charge in [-0.05, 0) is 55.8 Å². The Labute approximate surface area is 162 Å². The summed E-state index contributed by atoms with van der Waals surface area (Å²) >= 11 is 0. The first-order valence-corrected chi connectivity index (χ1v) is 9.67. The summed E-state index contributed by atoms with van der Waals surface area (Å²) < 4.78 is 16.4. The Kier molecular flexibility index (Phi) is 4.41. The number of fused-ring (bicyclic) bond motifs is 2. The lowest BCUT2D eigenvalue weighted by Gasteiger charge is -2.18. The van der Waals surface area contributed by atoms with Gasteiger partial charge in [-0.2, -0.15) is 0 Å². The van der Waals surface area contributed by atoms with Crippen LogP contribution in [0.15, 0.2) is 51.7 Å². The molecule has 3 heterocycles. The lowest BCUT2D eigenvalue weighted by molar-refractivity contribution is 0.174. The van der Waals surface area contributed by atoms with Crippen LogP contribution in [-0.4, -0.2) is 24.8 Å². The van der Waals surface area contributed by atoms with Crippen molar-refractivity contribution in [2.45, 2.75) is 25.9 Å². The second-order valence-electron chi connectivity index (χ2n) is 7.26. The summed E-state index contributed by atoms with van der Waals surface area (Å²) in [7, 11) is 0. The van der Waals surface area contributed by atoms with Gasteiger partial charge in [-0.25, -0.2) is 4.79 Å². The van der Waals surface area contributed by atoms with Crippen molar-refractivity contribution in [3.63, 3.8) is 0 Å². The second kappa shape index (κ2) is 7.20. The first-order chi connectivity index (χ1) is 13.8. The van der Waals surface area contributed by atoms with Gasteiger partial charge in [-0.1, -0.05) is 18.2 Å². The molecule has 1 aromatic heterocycles. The molecule has 2 aliphatic heterocycles. The highest BCUT2D eigenvalue weighted by Crippen LogP contribution is 2.33. The average molecular weight is 378 g/mol. The second-order valence-corrected chi connectivity index (χ2v) is 7.26. The fourth-order valence-corrected chi connectivity index (χ4v) is 3.94. The highest BCUT2D eigenvalue weighted by Gasteiger charge is 2.20. The van der Waals surface area contributed by atoms with Crippen LogP contribution in [0.2, 0.25) is 0 Å². The Balaban J connectivity index is 1.49. The SMILES string of the molecule is O=c1oc2ccccc2c(NCc2ccc3c(c2)OCO3)c1CN1CCCC1. The largest absolute Gasteiger partial charge is 0.454 e. The van der Waals surface area contributed by atoms with E-state index in [9.17, 15) is 4.79 Å². The van der Waals surface area contributed by atoms with Gasteiger partial charge in [0, 0.05) is 18.5 Å². The van der Waals surface area contributed by atoms with Gasteiger partial charge in [0.05, 0.1) is 11.3 Å². The lowest BCUT2D eigenvalue weighted by atomic mass is 10.1. The van der Waals surface area contributed by atoms with Crippen molar-refractivity contribution in [3.8, 4) is 11.5 Å². The first-order valence-electron chi connectivity index (χ1n) is 9.67. The maximum atomic E-state index is 12.7. The third kappa shape index (κ3) is 3.20. The predicted octanol–water partition coefficient (Wildman–Crippen LogP) is 3.73. The molecule has 6 heteroatoms. The number of benzene rings is 2. The molecule has 28 heavy (non-hydrogen) atoms. The number of rotatable bonds is 5. The summed E-state index contributed by atoms with van der Waals surface area (Å²) in [5.74, 6) is 1.53. The average Bonchev–Trinajstić information content (AvgIpc) is 3.39. The monoisotopic (exact) mass is 378 g/mol. The van der Waals surface area contributed by atoms with Crippen molar-refractivity contribution in [2.24, 2.45) is 0 Å². The zero-order valence-electron chi connectivity index (χ0n) is 15.6. The zero-order valence-corrected chi connectivity index (χ0v) is 15.6. The zero-order chi connectivity index (χ0) is 18.9. The molecule has 2 aromatic carbocycles. The number of ether oxygens (including phenoxy) is 2. The van der Waals surface area contributed by atoms with Crippen molar-refractivity contribution >= 4 is 16.7 Å². The molecule has 0 aliphatic carbocycles. The summed E-state index contributed by atoms with van der Waals surface area (Å²) in [6.45, 7) is 3.49. The summed E-state index contributed by atoms with van der Waals surface area (Å²) in [5, 5.41) is 4.42. The van der Waals surface area contributed by atoms with E-state index in [0.29, 0.717) is 24.2 Å². The molecule has 6 nitrogen and oxygen atoms in total. The van der Waals surface area contributed by atoms with E-state index in [-0.39, 0.29) is 12.4 Å². The standard InChI is InChI=1S/C22H22N2O4/c25-22-17(13-24-9-3-4-10-24)21(16-5-1-2-6-18(16)28-22)23-12-15-7-8-19-20(11-15)27-14-26-19/h1-2,5-8,11,23H,3-4,9-10,12-14H2. The van der Waals surface area contributed by atoms with E-state index < -0.39 is 0 Å². The van der Waals surface area contributed by atoms with Crippen LogP contribution < -0.4 is 20.4 Å². The Morgan fingerprint density at radius 3 is 2.71 bits per heavy atom. The van der Waals surface area contributed by atoms with Crippen LogP contribution in [0.1, 0.15) is 24.0 Å². The van der Waals surface area contributed by atoms with E-state index in [4.69, 9.17) is 13.9 Å². The maximum Gasteiger partial charge on any atom is 0.342 e. The van der Waals surface area contributed by atoms with Crippen LogP contribution in [0.25, 0.3) is 11.0 Å². The molecule has 1 saturated heterocycles. The van der Waals surface area contributed by atoms with Crippen LogP contribution >= 0.6 is 0 Å². The number of para-hydroxylation sites is 1. The summed E-state index contributed by atoms with van der Waals surface area (Å²) in [5.41, 5.74) is 2.95. The normalized spacial score (nSPS) is 16.0. The first kappa shape index (κ1) is 17.1. The highest BCUT2D eigenvalue weighted by atomic mass is 16.7. The van der Waals surface area contributed by atoms with E-state index in [1.54, 1.807) is 0 Å². The number of anilines is 1. The summed E-state index contributed by atoms with van der Waals surface area (Å²) in [6, 6.07) is 13.6. The molecular formula is C22H22N2O4. The molecule has 0 spiro atoms. The summed E-state index contributed by atoms with van der Waals surface area (Å²) in [6.07, 6.45) is 2.36. The Hall–Kier alpha value is -2.99. The van der Waals surface area contributed by atoms with Crippen LogP contribution in [0.3, 0.4) is 0 Å². The maximum absolute atomic E-state index is 12.7. The van der Waals surface area contributed by atoms with Gasteiger partial charge in [0.15, 0.2) is 11.5 Å². The number of likely N-dealkylation sites (tertiary alicyclic amines) is 1. The molecule has 0 saturated carbocycles. The topological polar surface area (TPSA) is 63.9 Å². The van der Waals surface area contributed by atoms with Crippen LogP contribution in [0.5, 0.6) is 11.5 Å². The van der Waals surface area contributed by atoms with Crippen molar-refractivity contribution < 1.29 is 13.9 Å². The molecular weight excluding hydrogens is 356 g/mol. The van der Waals surface area contributed by atoms with Crippen molar-refractivity contribution in [1.29, 1.82) is 0 Å². The molecule has 0 atom stereocenters. The van der Waals surface area contributed by atoms with Gasteiger partial charge in [-0.3, -0.25) is 4.90 Å². The van der Waals surface area contributed by atoms with Gasteiger partial charge >= 0.3 is 5.63 Å². The molecule has 0 bridgehead atoms. The van der Waals surface area contributed by atoms with Crippen molar-refractivity contribution in [3.05, 3.63) is 64.0 Å².